The minimum atomic E-state index is -0.202. The summed E-state index contributed by atoms with van der Waals surface area (Å²) in [4.78, 5) is 11.7. The van der Waals surface area contributed by atoms with E-state index in [1.54, 1.807) is 4.68 Å². The zero-order chi connectivity index (χ0) is 19.0. The first-order chi connectivity index (χ1) is 12.5. The van der Waals surface area contributed by atoms with E-state index in [1.807, 2.05) is 37.7 Å². The number of hydrogen-bond donors (Lipinski definition) is 2. The molecular formula is C19H22ClN3O3. The van der Waals surface area contributed by atoms with Gasteiger partial charge in [0.2, 0.25) is 0 Å². The fraction of sp³-hybridized carbons (Fsp3) is 0.368. The fourth-order valence-electron chi connectivity index (χ4n) is 3.64. The molecule has 3 aromatic rings. The molecule has 0 aliphatic carbocycles. The smallest absolute Gasteiger partial charge is 0.166 e. The number of hydrogen-bond acceptors (Lipinski definition) is 4. The Balaban J connectivity index is 2.43. The minimum absolute atomic E-state index is 0.0610. The maximum Gasteiger partial charge on any atom is 0.166 e. The van der Waals surface area contributed by atoms with Crippen LogP contribution < -0.4 is 0 Å². The zero-order valence-electron chi connectivity index (χ0n) is 15.1. The average molecular weight is 376 g/mol. The van der Waals surface area contributed by atoms with Gasteiger partial charge in [-0.15, -0.1) is 0 Å². The molecule has 3 rings (SSSR count). The second-order valence-corrected chi connectivity index (χ2v) is 6.78. The van der Waals surface area contributed by atoms with Gasteiger partial charge in [0, 0.05) is 42.9 Å². The molecule has 7 heteroatoms. The van der Waals surface area contributed by atoms with Crippen molar-refractivity contribution in [3.63, 3.8) is 0 Å². The lowest BCUT2D eigenvalue weighted by Crippen LogP contribution is -1.99. The third kappa shape index (κ3) is 2.74. The van der Waals surface area contributed by atoms with Crippen LogP contribution in [0.2, 0.25) is 5.02 Å². The largest absolute Gasteiger partial charge is 0.396 e. The van der Waals surface area contributed by atoms with Gasteiger partial charge in [-0.05, 0) is 31.4 Å². The number of fused-ring (bicyclic) bond motifs is 1. The van der Waals surface area contributed by atoms with Gasteiger partial charge in [0.1, 0.15) is 0 Å². The molecular weight excluding hydrogens is 354 g/mol. The Morgan fingerprint density at radius 3 is 2.58 bits per heavy atom. The lowest BCUT2D eigenvalue weighted by molar-refractivity contribution is 0.111. The number of aliphatic hydroxyl groups is 2. The molecule has 26 heavy (non-hydrogen) atoms. The highest BCUT2D eigenvalue weighted by atomic mass is 35.5. The molecule has 2 aromatic heterocycles. The van der Waals surface area contributed by atoms with E-state index in [2.05, 4.69) is 5.10 Å². The Morgan fingerprint density at radius 2 is 1.96 bits per heavy atom. The topological polar surface area (TPSA) is 80.3 Å². The zero-order valence-corrected chi connectivity index (χ0v) is 15.8. The van der Waals surface area contributed by atoms with E-state index in [-0.39, 0.29) is 13.2 Å². The van der Waals surface area contributed by atoms with Crippen LogP contribution in [0.5, 0.6) is 0 Å². The number of nitrogens with zero attached hydrogens (tertiary/aromatic N) is 3. The quantitative estimate of drug-likeness (QED) is 0.649. The molecule has 0 aliphatic rings. The van der Waals surface area contributed by atoms with E-state index < -0.39 is 0 Å². The van der Waals surface area contributed by atoms with Gasteiger partial charge in [0.25, 0.3) is 0 Å². The Kier molecular flexibility index (Phi) is 5.18. The van der Waals surface area contributed by atoms with Crippen LogP contribution in [0.25, 0.3) is 22.0 Å². The molecule has 138 valence electrons. The summed E-state index contributed by atoms with van der Waals surface area (Å²) in [7, 11) is 3.65. The highest BCUT2D eigenvalue weighted by molar-refractivity contribution is 6.35. The number of benzene rings is 1. The third-order valence-corrected chi connectivity index (χ3v) is 5.28. The summed E-state index contributed by atoms with van der Waals surface area (Å²) < 4.78 is 3.55. The highest BCUT2D eigenvalue weighted by Gasteiger charge is 2.24. The maximum absolute atomic E-state index is 11.7. The second kappa shape index (κ2) is 7.23. The standard InChI is InChI=1S/C19H22ClN3O3/c1-11-17(15(9-25)21-23(11)3)18-14(20)7-6-13-12(5-4-8-24)16(10-26)22(2)19(13)18/h6-7,10,24-25H,4-5,8-9H2,1-3H3. The molecule has 0 saturated carbocycles. The lowest BCUT2D eigenvalue weighted by Gasteiger charge is -2.10. The Hall–Kier alpha value is -2.15. The lowest BCUT2D eigenvalue weighted by atomic mass is 9.98. The van der Waals surface area contributed by atoms with E-state index in [4.69, 9.17) is 11.6 Å². The molecule has 2 heterocycles. The van der Waals surface area contributed by atoms with E-state index >= 15 is 0 Å². The van der Waals surface area contributed by atoms with Crippen molar-refractivity contribution in [3.05, 3.63) is 39.8 Å². The van der Waals surface area contributed by atoms with Gasteiger partial charge < -0.3 is 14.8 Å². The molecule has 0 atom stereocenters. The van der Waals surface area contributed by atoms with Crippen LogP contribution >= 0.6 is 11.6 Å². The second-order valence-electron chi connectivity index (χ2n) is 6.38. The predicted octanol–water partition coefficient (Wildman–Crippen LogP) is 2.77. The highest BCUT2D eigenvalue weighted by Crippen LogP contribution is 2.41. The van der Waals surface area contributed by atoms with Crippen LogP contribution in [0, 0.1) is 6.92 Å². The van der Waals surface area contributed by atoms with Crippen LogP contribution in [0.15, 0.2) is 12.1 Å². The summed E-state index contributed by atoms with van der Waals surface area (Å²) in [6.07, 6.45) is 2.01. The number of aldehydes is 1. The Morgan fingerprint density at radius 1 is 1.23 bits per heavy atom. The van der Waals surface area contributed by atoms with Crippen molar-refractivity contribution in [1.82, 2.24) is 14.3 Å². The van der Waals surface area contributed by atoms with Crippen molar-refractivity contribution in [2.24, 2.45) is 14.1 Å². The van der Waals surface area contributed by atoms with Gasteiger partial charge in [-0.1, -0.05) is 17.7 Å². The van der Waals surface area contributed by atoms with Crippen molar-refractivity contribution >= 4 is 28.8 Å². The molecule has 0 radical (unpaired) electrons. The SMILES string of the molecule is Cc1c(-c2c(Cl)ccc3c(CCCO)c(C=O)n(C)c23)c(CO)nn1C. The summed E-state index contributed by atoms with van der Waals surface area (Å²) in [6.45, 7) is 1.78. The first kappa shape index (κ1) is 18.6. The van der Waals surface area contributed by atoms with Crippen molar-refractivity contribution in [2.45, 2.75) is 26.4 Å². The maximum atomic E-state index is 11.7. The van der Waals surface area contributed by atoms with E-state index in [1.165, 1.54) is 0 Å². The Bertz CT molecular complexity index is 988. The molecule has 0 amide bonds. The fourth-order valence-corrected chi connectivity index (χ4v) is 3.89. The first-order valence-corrected chi connectivity index (χ1v) is 8.83. The van der Waals surface area contributed by atoms with E-state index in [0.717, 1.165) is 39.6 Å². The summed E-state index contributed by atoms with van der Waals surface area (Å²) >= 11 is 6.57. The van der Waals surface area contributed by atoms with E-state index in [0.29, 0.717) is 29.3 Å². The molecule has 2 N–H and O–H groups in total. The van der Waals surface area contributed by atoms with Gasteiger partial charge in [0.05, 0.1) is 28.5 Å². The molecule has 0 aliphatic heterocycles. The van der Waals surface area contributed by atoms with Gasteiger partial charge in [-0.2, -0.15) is 5.10 Å². The number of aliphatic hydroxyl groups excluding tert-OH is 2. The summed E-state index contributed by atoms with van der Waals surface area (Å²) in [5.74, 6) is 0. The van der Waals surface area contributed by atoms with Gasteiger partial charge >= 0.3 is 0 Å². The van der Waals surface area contributed by atoms with Crippen molar-refractivity contribution in [2.75, 3.05) is 6.61 Å². The number of rotatable bonds is 6. The summed E-state index contributed by atoms with van der Waals surface area (Å²) in [5, 5.41) is 24.8. The number of aromatic nitrogens is 3. The van der Waals surface area contributed by atoms with Gasteiger partial charge in [-0.3, -0.25) is 9.48 Å². The number of halogens is 1. The third-order valence-electron chi connectivity index (χ3n) is 4.96. The number of carbonyl (C=O) groups is 1. The summed E-state index contributed by atoms with van der Waals surface area (Å²) in [5.41, 5.74) is 5.29. The summed E-state index contributed by atoms with van der Waals surface area (Å²) in [6, 6.07) is 3.72. The van der Waals surface area contributed by atoms with Crippen LogP contribution in [-0.4, -0.2) is 37.5 Å². The molecule has 0 saturated heterocycles. The first-order valence-electron chi connectivity index (χ1n) is 8.45. The van der Waals surface area contributed by atoms with Gasteiger partial charge in [-0.25, -0.2) is 0 Å². The van der Waals surface area contributed by atoms with Crippen molar-refractivity contribution in [1.29, 1.82) is 0 Å². The molecule has 0 fully saturated rings. The minimum Gasteiger partial charge on any atom is -0.396 e. The monoisotopic (exact) mass is 375 g/mol. The molecule has 0 bridgehead atoms. The molecule has 0 unspecified atom stereocenters. The van der Waals surface area contributed by atoms with Crippen LogP contribution in [0.1, 0.15) is 33.9 Å². The normalized spacial score (nSPS) is 11.5. The molecule has 0 spiro atoms. The molecule has 1 aromatic carbocycles. The number of carbonyl (C=O) groups excluding carboxylic acids is 1. The van der Waals surface area contributed by atoms with Crippen LogP contribution in [0.3, 0.4) is 0 Å². The van der Waals surface area contributed by atoms with Gasteiger partial charge in [0.15, 0.2) is 6.29 Å². The Labute approximate surface area is 156 Å². The van der Waals surface area contributed by atoms with Crippen molar-refractivity contribution in [3.8, 4) is 11.1 Å². The van der Waals surface area contributed by atoms with Crippen LogP contribution in [0.4, 0.5) is 0 Å². The average Bonchev–Trinajstić information content (AvgIpc) is 3.07. The predicted molar refractivity (Wildman–Crippen MR) is 102 cm³/mol. The van der Waals surface area contributed by atoms with E-state index in [9.17, 15) is 15.0 Å². The van der Waals surface area contributed by atoms with Crippen molar-refractivity contribution < 1.29 is 15.0 Å². The number of aryl methyl sites for hydroxylation is 3. The van der Waals surface area contributed by atoms with Crippen LogP contribution in [-0.2, 0) is 27.1 Å². The molecule has 6 nitrogen and oxygen atoms in total.